The molecule has 21 heavy (non-hydrogen) atoms. The minimum atomic E-state index is -3.18. The zero-order valence-electron chi connectivity index (χ0n) is 12.5. The van der Waals surface area contributed by atoms with Gasteiger partial charge in [-0.25, -0.2) is 8.42 Å². The third-order valence-corrected chi connectivity index (χ3v) is 5.83. The van der Waals surface area contributed by atoms with Gasteiger partial charge in [-0.2, -0.15) is 0 Å². The molecular formula is C13H19ClN2O4S. The first-order chi connectivity index (χ1) is 9.44. The van der Waals surface area contributed by atoms with Gasteiger partial charge >= 0.3 is 0 Å². The van der Waals surface area contributed by atoms with Crippen molar-refractivity contribution in [2.75, 3.05) is 19.8 Å². The molecule has 0 spiro atoms. The van der Waals surface area contributed by atoms with Gasteiger partial charge in [-0.3, -0.25) is 10.1 Å². The first kappa shape index (κ1) is 17.9. The highest BCUT2D eigenvalue weighted by Crippen LogP contribution is 2.24. The van der Waals surface area contributed by atoms with Crippen LogP contribution in [0, 0.1) is 10.1 Å². The Kier molecular flexibility index (Phi) is 5.35. The molecule has 0 unspecified atom stereocenters. The van der Waals surface area contributed by atoms with E-state index in [0.717, 1.165) is 0 Å². The van der Waals surface area contributed by atoms with Crippen LogP contribution in [0.25, 0.3) is 0 Å². The molecule has 0 aliphatic heterocycles. The predicted octanol–water partition coefficient (Wildman–Crippen LogP) is 2.50. The van der Waals surface area contributed by atoms with E-state index in [0.29, 0.717) is 23.7 Å². The van der Waals surface area contributed by atoms with Crippen LogP contribution in [-0.4, -0.2) is 42.8 Å². The maximum Gasteiger partial charge on any atom is 0.270 e. The Balaban J connectivity index is 2.85. The van der Waals surface area contributed by atoms with Crippen molar-refractivity contribution in [1.29, 1.82) is 0 Å². The Morgan fingerprint density at radius 2 is 1.95 bits per heavy atom. The lowest BCUT2D eigenvalue weighted by atomic mass is 10.1. The summed E-state index contributed by atoms with van der Waals surface area (Å²) in [6.07, 6.45) is 1.21. The molecule has 1 aromatic rings. The van der Waals surface area contributed by atoms with E-state index in [1.54, 1.807) is 27.0 Å². The number of halogens is 1. The molecule has 0 bridgehead atoms. The van der Waals surface area contributed by atoms with E-state index >= 15 is 0 Å². The molecule has 0 aromatic heterocycles. The van der Waals surface area contributed by atoms with Gasteiger partial charge in [0, 0.05) is 31.5 Å². The molecule has 0 saturated heterocycles. The van der Waals surface area contributed by atoms with Crippen LogP contribution in [0.5, 0.6) is 0 Å². The SMILES string of the molecule is CN(Cc1ccc([N+](=O)[O-])cc1Cl)CC(C)(C)S(C)(=O)=O. The number of hydrogen-bond donors (Lipinski definition) is 0. The third-order valence-electron chi connectivity index (χ3n) is 3.34. The number of non-ortho nitro benzene ring substituents is 1. The van der Waals surface area contributed by atoms with E-state index in [-0.39, 0.29) is 5.69 Å². The standard InChI is InChI=1S/C13H19ClN2O4S/c1-13(2,21(4,19)20)9-15(3)8-10-5-6-11(16(17)18)7-12(10)14/h5-7H,8-9H2,1-4H3. The smallest absolute Gasteiger partial charge is 0.270 e. The maximum atomic E-state index is 11.7. The number of benzene rings is 1. The third kappa shape index (κ3) is 4.66. The highest BCUT2D eigenvalue weighted by Gasteiger charge is 2.31. The van der Waals surface area contributed by atoms with Crippen LogP contribution in [0.4, 0.5) is 5.69 Å². The first-order valence-corrected chi connectivity index (χ1v) is 8.52. The van der Waals surface area contributed by atoms with E-state index in [1.807, 2.05) is 4.90 Å². The van der Waals surface area contributed by atoms with Gasteiger partial charge in [0.25, 0.3) is 5.69 Å². The average Bonchev–Trinajstić information content (AvgIpc) is 2.29. The van der Waals surface area contributed by atoms with Gasteiger partial charge < -0.3 is 4.90 Å². The second-order valence-electron chi connectivity index (χ2n) is 5.74. The fourth-order valence-electron chi connectivity index (χ4n) is 1.89. The molecule has 0 atom stereocenters. The van der Waals surface area contributed by atoms with E-state index < -0.39 is 19.5 Å². The molecule has 0 amide bonds. The summed E-state index contributed by atoms with van der Waals surface area (Å²) in [7, 11) is -1.40. The number of nitro groups is 1. The van der Waals surface area contributed by atoms with E-state index in [4.69, 9.17) is 11.6 Å². The van der Waals surface area contributed by atoms with E-state index in [2.05, 4.69) is 0 Å². The number of nitrogens with zero attached hydrogens (tertiary/aromatic N) is 2. The first-order valence-electron chi connectivity index (χ1n) is 6.25. The molecule has 118 valence electrons. The van der Waals surface area contributed by atoms with Gasteiger partial charge in [0.2, 0.25) is 0 Å². The summed E-state index contributed by atoms with van der Waals surface area (Å²) >= 11 is 6.03. The molecule has 1 rings (SSSR count). The Morgan fingerprint density at radius 1 is 1.38 bits per heavy atom. The second kappa shape index (κ2) is 6.29. The minimum Gasteiger partial charge on any atom is -0.301 e. The van der Waals surface area contributed by atoms with Gasteiger partial charge in [0.05, 0.1) is 14.7 Å². The molecule has 0 radical (unpaired) electrons. The van der Waals surface area contributed by atoms with Gasteiger partial charge in [-0.1, -0.05) is 11.6 Å². The van der Waals surface area contributed by atoms with Crippen molar-refractivity contribution in [2.45, 2.75) is 25.1 Å². The summed E-state index contributed by atoms with van der Waals surface area (Å²) in [6, 6.07) is 4.27. The fraction of sp³-hybridized carbons (Fsp3) is 0.538. The van der Waals surface area contributed by atoms with Crippen molar-refractivity contribution < 1.29 is 13.3 Å². The lowest BCUT2D eigenvalue weighted by molar-refractivity contribution is -0.384. The minimum absolute atomic E-state index is 0.0668. The molecule has 0 saturated carbocycles. The summed E-state index contributed by atoms with van der Waals surface area (Å²) in [5, 5.41) is 11.0. The summed E-state index contributed by atoms with van der Waals surface area (Å²) in [5.74, 6) is 0. The number of rotatable bonds is 6. The highest BCUT2D eigenvalue weighted by molar-refractivity contribution is 7.92. The van der Waals surface area contributed by atoms with Crippen LogP contribution in [0.2, 0.25) is 5.02 Å². The monoisotopic (exact) mass is 334 g/mol. The summed E-state index contributed by atoms with van der Waals surface area (Å²) < 4.78 is 22.5. The number of nitro benzene ring substituents is 1. The zero-order chi connectivity index (χ0) is 16.4. The lowest BCUT2D eigenvalue weighted by Crippen LogP contribution is -2.42. The van der Waals surface area contributed by atoms with Crippen molar-refractivity contribution in [3.8, 4) is 0 Å². The van der Waals surface area contributed by atoms with Gasteiger partial charge in [-0.15, -0.1) is 0 Å². The van der Waals surface area contributed by atoms with Crippen molar-refractivity contribution in [3.05, 3.63) is 38.9 Å². The zero-order valence-corrected chi connectivity index (χ0v) is 14.0. The quantitative estimate of drug-likeness (QED) is 0.589. The van der Waals surface area contributed by atoms with Crippen molar-refractivity contribution in [1.82, 2.24) is 4.90 Å². The summed E-state index contributed by atoms with van der Waals surface area (Å²) in [4.78, 5) is 12.0. The number of sulfone groups is 1. The van der Waals surface area contributed by atoms with E-state index in [1.165, 1.54) is 18.4 Å². The molecular weight excluding hydrogens is 316 g/mol. The van der Waals surface area contributed by atoms with Crippen LogP contribution >= 0.6 is 11.6 Å². The van der Waals surface area contributed by atoms with Crippen LogP contribution < -0.4 is 0 Å². The van der Waals surface area contributed by atoms with Gasteiger partial charge in [0.15, 0.2) is 9.84 Å². The van der Waals surface area contributed by atoms with Crippen LogP contribution in [-0.2, 0) is 16.4 Å². The summed E-state index contributed by atoms with van der Waals surface area (Å²) in [5.41, 5.74) is 0.650. The van der Waals surface area contributed by atoms with Gasteiger partial charge in [-0.05, 0) is 32.5 Å². The molecule has 0 heterocycles. The molecule has 0 aliphatic carbocycles. The summed E-state index contributed by atoms with van der Waals surface area (Å²) in [6.45, 7) is 4.07. The maximum absolute atomic E-state index is 11.7. The average molecular weight is 335 g/mol. The molecule has 0 fully saturated rings. The lowest BCUT2D eigenvalue weighted by Gasteiger charge is -2.28. The molecule has 1 aromatic carbocycles. The van der Waals surface area contributed by atoms with Crippen LogP contribution in [0.3, 0.4) is 0 Å². The molecule has 0 N–H and O–H groups in total. The molecule has 8 heteroatoms. The Bertz CT molecular complexity index is 644. The normalized spacial score (nSPS) is 12.7. The van der Waals surface area contributed by atoms with Crippen molar-refractivity contribution >= 4 is 27.1 Å². The Morgan fingerprint density at radius 3 is 2.38 bits per heavy atom. The predicted molar refractivity (Wildman–Crippen MR) is 83.4 cm³/mol. The highest BCUT2D eigenvalue weighted by atomic mass is 35.5. The van der Waals surface area contributed by atoms with Gasteiger partial charge in [0.1, 0.15) is 0 Å². The molecule has 6 nitrogen and oxygen atoms in total. The Labute approximate surface area is 129 Å². The van der Waals surface area contributed by atoms with Crippen LogP contribution in [0.15, 0.2) is 18.2 Å². The second-order valence-corrected chi connectivity index (χ2v) is 8.79. The van der Waals surface area contributed by atoms with Crippen molar-refractivity contribution in [2.24, 2.45) is 0 Å². The van der Waals surface area contributed by atoms with Crippen molar-refractivity contribution in [3.63, 3.8) is 0 Å². The Hall–Kier alpha value is -1.18. The fourth-order valence-corrected chi connectivity index (χ4v) is 2.58. The van der Waals surface area contributed by atoms with E-state index in [9.17, 15) is 18.5 Å². The topological polar surface area (TPSA) is 80.5 Å². The van der Waals surface area contributed by atoms with Crippen LogP contribution in [0.1, 0.15) is 19.4 Å². The number of hydrogen-bond acceptors (Lipinski definition) is 5. The molecule has 0 aliphatic rings. The largest absolute Gasteiger partial charge is 0.301 e.